The lowest BCUT2D eigenvalue weighted by Gasteiger charge is -2.06. The molecular weight excluding hydrogens is 166 g/mol. The molecule has 1 aliphatic rings. The molecule has 0 unspecified atom stereocenters. The summed E-state index contributed by atoms with van der Waals surface area (Å²) in [6, 6.07) is 3.71. The summed E-state index contributed by atoms with van der Waals surface area (Å²) in [5.74, 6) is 1.28. The quantitative estimate of drug-likeness (QED) is 0.713. The lowest BCUT2D eigenvalue weighted by Crippen LogP contribution is -2.05. The molecule has 0 radical (unpaired) electrons. The fraction of sp³-hybridized carbons (Fsp3) is 0.400. The van der Waals surface area contributed by atoms with Gasteiger partial charge < -0.3 is 15.2 Å². The van der Waals surface area contributed by atoms with E-state index in [2.05, 4.69) is 5.32 Å². The van der Waals surface area contributed by atoms with Crippen molar-refractivity contribution in [2.45, 2.75) is 13.0 Å². The Morgan fingerprint density at radius 3 is 3.15 bits per heavy atom. The third-order valence-electron chi connectivity index (χ3n) is 2.26. The number of benzene rings is 1. The highest BCUT2D eigenvalue weighted by atomic mass is 16.5. The smallest absolute Gasteiger partial charge is 0.123 e. The monoisotopic (exact) mass is 179 g/mol. The molecule has 1 aliphatic heterocycles. The molecular formula is C10H13NO2. The van der Waals surface area contributed by atoms with E-state index >= 15 is 0 Å². The maximum absolute atomic E-state index is 9.61. The Labute approximate surface area is 77.3 Å². The van der Waals surface area contributed by atoms with Crippen molar-refractivity contribution < 1.29 is 9.84 Å². The van der Waals surface area contributed by atoms with E-state index in [1.54, 1.807) is 6.07 Å². The van der Waals surface area contributed by atoms with E-state index in [0.717, 1.165) is 29.9 Å². The van der Waals surface area contributed by atoms with Gasteiger partial charge in [-0.15, -0.1) is 0 Å². The number of hydrogen-bond donors (Lipinski definition) is 2. The van der Waals surface area contributed by atoms with Gasteiger partial charge in [0.15, 0.2) is 0 Å². The Bertz CT molecular complexity index is 323. The van der Waals surface area contributed by atoms with Crippen molar-refractivity contribution in [3.63, 3.8) is 0 Å². The van der Waals surface area contributed by atoms with Gasteiger partial charge in [0.25, 0.3) is 0 Å². The van der Waals surface area contributed by atoms with Gasteiger partial charge in [0.1, 0.15) is 11.5 Å². The predicted molar refractivity (Wildman–Crippen MR) is 50.1 cm³/mol. The van der Waals surface area contributed by atoms with Gasteiger partial charge in [0.05, 0.1) is 6.61 Å². The number of ether oxygens (including phenoxy) is 1. The van der Waals surface area contributed by atoms with Crippen molar-refractivity contribution in [2.24, 2.45) is 0 Å². The Kier molecular flexibility index (Phi) is 2.10. The van der Waals surface area contributed by atoms with Crippen LogP contribution in [0.15, 0.2) is 12.1 Å². The van der Waals surface area contributed by atoms with Gasteiger partial charge in [-0.2, -0.15) is 0 Å². The van der Waals surface area contributed by atoms with Gasteiger partial charge in [-0.3, -0.25) is 0 Å². The van der Waals surface area contributed by atoms with E-state index in [0.29, 0.717) is 12.3 Å². The van der Waals surface area contributed by atoms with Gasteiger partial charge in [-0.05, 0) is 19.2 Å². The van der Waals surface area contributed by atoms with Crippen molar-refractivity contribution in [1.29, 1.82) is 0 Å². The van der Waals surface area contributed by atoms with Crippen LogP contribution in [0.25, 0.3) is 0 Å². The minimum absolute atomic E-state index is 0.360. The molecule has 0 aliphatic carbocycles. The molecule has 70 valence electrons. The van der Waals surface area contributed by atoms with E-state index in [1.807, 2.05) is 13.1 Å². The number of nitrogens with one attached hydrogen (secondary N) is 1. The van der Waals surface area contributed by atoms with Gasteiger partial charge >= 0.3 is 0 Å². The molecule has 0 spiro atoms. The van der Waals surface area contributed by atoms with Gasteiger partial charge in [0.2, 0.25) is 0 Å². The molecule has 13 heavy (non-hydrogen) atoms. The standard InChI is InChI=1S/C10H13NO2/c1-11-6-8-5-10-7(2-3-13-10)4-9(8)12/h4-5,11-12H,2-3,6H2,1H3. The summed E-state index contributed by atoms with van der Waals surface area (Å²) < 4.78 is 5.40. The summed E-state index contributed by atoms with van der Waals surface area (Å²) in [4.78, 5) is 0. The first-order chi connectivity index (χ1) is 6.31. The maximum atomic E-state index is 9.61. The van der Waals surface area contributed by atoms with Crippen LogP contribution in [0.1, 0.15) is 11.1 Å². The largest absolute Gasteiger partial charge is 0.508 e. The predicted octanol–water partition coefficient (Wildman–Crippen LogP) is 1.05. The lowest BCUT2D eigenvalue weighted by molar-refractivity contribution is 0.356. The summed E-state index contributed by atoms with van der Waals surface area (Å²) >= 11 is 0. The molecule has 0 bridgehead atoms. The molecule has 0 amide bonds. The van der Waals surface area contributed by atoms with Crippen molar-refractivity contribution in [2.75, 3.05) is 13.7 Å². The molecule has 1 aromatic carbocycles. The van der Waals surface area contributed by atoms with Crippen LogP contribution in [0.2, 0.25) is 0 Å². The first-order valence-corrected chi connectivity index (χ1v) is 4.43. The molecule has 2 rings (SSSR count). The Balaban J connectivity index is 2.37. The Morgan fingerprint density at radius 1 is 1.54 bits per heavy atom. The second-order valence-electron chi connectivity index (χ2n) is 3.22. The minimum Gasteiger partial charge on any atom is -0.508 e. The highest BCUT2D eigenvalue weighted by Gasteiger charge is 2.14. The van der Waals surface area contributed by atoms with E-state index in [4.69, 9.17) is 4.74 Å². The molecule has 0 aromatic heterocycles. The van der Waals surface area contributed by atoms with Gasteiger partial charge in [0, 0.05) is 24.1 Å². The summed E-state index contributed by atoms with van der Waals surface area (Å²) in [5.41, 5.74) is 2.00. The zero-order chi connectivity index (χ0) is 9.26. The summed E-state index contributed by atoms with van der Waals surface area (Å²) in [5, 5.41) is 12.6. The summed E-state index contributed by atoms with van der Waals surface area (Å²) in [6.45, 7) is 1.40. The van der Waals surface area contributed by atoms with E-state index < -0.39 is 0 Å². The topological polar surface area (TPSA) is 41.5 Å². The molecule has 0 atom stereocenters. The molecule has 0 saturated heterocycles. The van der Waals surface area contributed by atoms with Crippen LogP contribution >= 0.6 is 0 Å². The second kappa shape index (κ2) is 3.26. The highest BCUT2D eigenvalue weighted by Crippen LogP contribution is 2.31. The molecule has 1 aromatic rings. The number of phenolic OH excluding ortho intramolecular Hbond substituents is 1. The van der Waals surface area contributed by atoms with Crippen molar-refractivity contribution in [1.82, 2.24) is 5.32 Å². The van der Waals surface area contributed by atoms with Crippen LogP contribution in [-0.2, 0) is 13.0 Å². The minimum atomic E-state index is 0.360. The third-order valence-corrected chi connectivity index (χ3v) is 2.26. The number of rotatable bonds is 2. The second-order valence-corrected chi connectivity index (χ2v) is 3.22. The average molecular weight is 179 g/mol. The fourth-order valence-electron chi connectivity index (χ4n) is 1.59. The molecule has 3 heteroatoms. The molecule has 2 N–H and O–H groups in total. The molecule has 0 saturated carbocycles. The zero-order valence-electron chi connectivity index (χ0n) is 7.63. The molecule has 0 fully saturated rings. The molecule has 1 heterocycles. The van der Waals surface area contributed by atoms with Crippen molar-refractivity contribution >= 4 is 0 Å². The van der Waals surface area contributed by atoms with Crippen LogP contribution < -0.4 is 10.1 Å². The summed E-state index contributed by atoms with van der Waals surface area (Å²) in [7, 11) is 1.85. The fourth-order valence-corrected chi connectivity index (χ4v) is 1.59. The lowest BCUT2D eigenvalue weighted by atomic mass is 10.1. The van der Waals surface area contributed by atoms with Crippen molar-refractivity contribution in [3.05, 3.63) is 23.3 Å². The van der Waals surface area contributed by atoms with Crippen LogP contribution in [0.4, 0.5) is 0 Å². The van der Waals surface area contributed by atoms with Crippen LogP contribution in [0.3, 0.4) is 0 Å². The average Bonchev–Trinajstić information content (AvgIpc) is 2.52. The normalized spacial score (nSPS) is 13.9. The number of hydrogen-bond acceptors (Lipinski definition) is 3. The third kappa shape index (κ3) is 1.47. The number of aromatic hydroxyl groups is 1. The van der Waals surface area contributed by atoms with Crippen molar-refractivity contribution in [3.8, 4) is 11.5 Å². The van der Waals surface area contributed by atoms with Gasteiger partial charge in [-0.1, -0.05) is 0 Å². The number of fused-ring (bicyclic) bond motifs is 1. The maximum Gasteiger partial charge on any atom is 0.123 e. The van der Waals surface area contributed by atoms with E-state index in [-0.39, 0.29) is 0 Å². The van der Waals surface area contributed by atoms with E-state index in [9.17, 15) is 5.11 Å². The number of phenols is 1. The highest BCUT2D eigenvalue weighted by molar-refractivity contribution is 5.47. The SMILES string of the molecule is CNCc1cc2c(cc1O)CCO2. The Hall–Kier alpha value is -1.22. The Morgan fingerprint density at radius 2 is 2.38 bits per heavy atom. The van der Waals surface area contributed by atoms with Crippen LogP contribution in [0.5, 0.6) is 11.5 Å². The molecule has 3 nitrogen and oxygen atoms in total. The van der Waals surface area contributed by atoms with Gasteiger partial charge in [-0.25, -0.2) is 0 Å². The van der Waals surface area contributed by atoms with Crippen LogP contribution in [0, 0.1) is 0 Å². The first kappa shape index (κ1) is 8.38. The van der Waals surface area contributed by atoms with E-state index in [1.165, 1.54) is 0 Å². The van der Waals surface area contributed by atoms with Crippen LogP contribution in [-0.4, -0.2) is 18.8 Å². The zero-order valence-corrected chi connectivity index (χ0v) is 7.63. The first-order valence-electron chi connectivity index (χ1n) is 4.43. The summed E-state index contributed by atoms with van der Waals surface area (Å²) in [6.07, 6.45) is 0.905.